The van der Waals surface area contributed by atoms with Crippen LogP contribution in [-0.2, 0) is 0 Å². The van der Waals surface area contributed by atoms with E-state index in [0.717, 1.165) is 23.4 Å². The Morgan fingerprint density at radius 1 is 1.18 bits per heavy atom. The van der Waals surface area contributed by atoms with Crippen LogP contribution in [0.4, 0.5) is 5.95 Å². The van der Waals surface area contributed by atoms with Gasteiger partial charge in [0.05, 0.1) is 7.11 Å². The van der Waals surface area contributed by atoms with Crippen molar-refractivity contribution in [3.63, 3.8) is 0 Å². The minimum Gasteiger partial charge on any atom is -0.497 e. The molecular weight excluding hydrogens is 214 g/mol. The van der Waals surface area contributed by atoms with Crippen molar-refractivity contribution in [2.45, 2.75) is 6.92 Å². The number of nitrogens with one attached hydrogen (secondary N) is 1. The SMILES string of the molecule is CCNc1ncc(-c2cccc(OC)c2)cn1. The molecule has 88 valence electrons. The fraction of sp³-hybridized carbons (Fsp3) is 0.231. The Kier molecular flexibility index (Phi) is 3.55. The van der Waals surface area contributed by atoms with Gasteiger partial charge in [-0.3, -0.25) is 0 Å². The Morgan fingerprint density at radius 3 is 2.59 bits per heavy atom. The van der Waals surface area contributed by atoms with E-state index in [2.05, 4.69) is 15.3 Å². The number of hydrogen-bond donors (Lipinski definition) is 1. The van der Waals surface area contributed by atoms with Crippen molar-refractivity contribution in [2.75, 3.05) is 19.0 Å². The second-order valence-corrected chi connectivity index (χ2v) is 3.56. The van der Waals surface area contributed by atoms with Gasteiger partial charge in [-0.15, -0.1) is 0 Å². The number of methoxy groups -OCH3 is 1. The van der Waals surface area contributed by atoms with E-state index in [1.165, 1.54) is 0 Å². The van der Waals surface area contributed by atoms with Crippen molar-refractivity contribution >= 4 is 5.95 Å². The molecule has 0 fully saturated rings. The van der Waals surface area contributed by atoms with E-state index in [4.69, 9.17) is 4.74 Å². The molecule has 2 rings (SSSR count). The number of aromatic nitrogens is 2. The van der Waals surface area contributed by atoms with Crippen LogP contribution in [0.25, 0.3) is 11.1 Å². The molecule has 0 aliphatic heterocycles. The lowest BCUT2D eigenvalue weighted by Crippen LogP contribution is -2.01. The zero-order chi connectivity index (χ0) is 12.1. The Hall–Kier alpha value is -2.10. The maximum absolute atomic E-state index is 5.19. The van der Waals surface area contributed by atoms with Crippen molar-refractivity contribution in [3.05, 3.63) is 36.7 Å². The molecule has 17 heavy (non-hydrogen) atoms. The summed E-state index contributed by atoms with van der Waals surface area (Å²) in [5.41, 5.74) is 2.03. The summed E-state index contributed by atoms with van der Waals surface area (Å²) in [6.45, 7) is 2.83. The van der Waals surface area contributed by atoms with E-state index < -0.39 is 0 Å². The van der Waals surface area contributed by atoms with Crippen LogP contribution in [0.2, 0.25) is 0 Å². The fourth-order valence-electron chi connectivity index (χ4n) is 1.53. The molecule has 1 heterocycles. The van der Waals surface area contributed by atoms with E-state index in [1.54, 1.807) is 19.5 Å². The summed E-state index contributed by atoms with van der Waals surface area (Å²) < 4.78 is 5.19. The first-order valence-corrected chi connectivity index (χ1v) is 5.54. The van der Waals surface area contributed by atoms with Crippen LogP contribution in [0.3, 0.4) is 0 Å². The smallest absolute Gasteiger partial charge is 0.222 e. The van der Waals surface area contributed by atoms with E-state index in [9.17, 15) is 0 Å². The topological polar surface area (TPSA) is 47.0 Å². The number of anilines is 1. The monoisotopic (exact) mass is 229 g/mol. The molecule has 0 saturated carbocycles. The second kappa shape index (κ2) is 5.30. The fourth-order valence-corrected chi connectivity index (χ4v) is 1.53. The molecule has 0 bridgehead atoms. The minimum atomic E-state index is 0.652. The van der Waals surface area contributed by atoms with Gasteiger partial charge in [0.2, 0.25) is 5.95 Å². The average molecular weight is 229 g/mol. The lowest BCUT2D eigenvalue weighted by molar-refractivity contribution is 0.415. The molecule has 0 aliphatic rings. The van der Waals surface area contributed by atoms with Crippen molar-refractivity contribution in [1.29, 1.82) is 0 Å². The van der Waals surface area contributed by atoms with Crippen molar-refractivity contribution in [2.24, 2.45) is 0 Å². The highest BCUT2D eigenvalue weighted by molar-refractivity contribution is 5.63. The first-order chi connectivity index (χ1) is 8.33. The Morgan fingerprint density at radius 2 is 1.94 bits per heavy atom. The van der Waals surface area contributed by atoms with Crippen LogP contribution < -0.4 is 10.1 Å². The van der Waals surface area contributed by atoms with Crippen molar-refractivity contribution < 1.29 is 4.74 Å². The average Bonchev–Trinajstić information content (AvgIpc) is 2.40. The molecule has 0 atom stereocenters. The summed E-state index contributed by atoms with van der Waals surface area (Å²) >= 11 is 0. The predicted molar refractivity (Wildman–Crippen MR) is 68.2 cm³/mol. The first kappa shape index (κ1) is 11.4. The van der Waals surface area contributed by atoms with Crippen LogP contribution in [-0.4, -0.2) is 23.6 Å². The molecule has 4 nitrogen and oxygen atoms in total. The van der Waals surface area contributed by atoms with E-state index in [1.807, 2.05) is 31.2 Å². The van der Waals surface area contributed by atoms with Gasteiger partial charge in [0.15, 0.2) is 0 Å². The van der Waals surface area contributed by atoms with Crippen LogP contribution in [0.15, 0.2) is 36.7 Å². The zero-order valence-electron chi connectivity index (χ0n) is 9.97. The number of hydrogen-bond acceptors (Lipinski definition) is 4. The minimum absolute atomic E-state index is 0.652. The Labute approximate surface area is 101 Å². The third-order valence-corrected chi connectivity index (χ3v) is 2.39. The Balaban J connectivity index is 2.26. The molecule has 0 radical (unpaired) electrons. The predicted octanol–water partition coefficient (Wildman–Crippen LogP) is 2.58. The molecule has 1 aromatic heterocycles. The summed E-state index contributed by atoms with van der Waals surface area (Å²) in [6, 6.07) is 7.84. The second-order valence-electron chi connectivity index (χ2n) is 3.56. The molecule has 2 aromatic rings. The number of benzene rings is 1. The Bertz CT molecular complexity index is 482. The molecule has 1 aromatic carbocycles. The van der Waals surface area contributed by atoms with Gasteiger partial charge < -0.3 is 10.1 Å². The van der Waals surface area contributed by atoms with Crippen molar-refractivity contribution in [1.82, 2.24) is 9.97 Å². The summed E-state index contributed by atoms with van der Waals surface area (Å²) in [5.74, 6) is 1.48. The van der Waals surface area contributed by atoms with Gasteiger partial charge in [0, 0.05) is 24.5 Å². The van der Waals surface area contributed by atoms with E-state index >= 15 is 0 Å². The van der Waals surface area contributed by atoms with Gasteiger partial charge in [-0.05, 0) is 24.6 Å². The van der Waals surface area contributed by atoms with Gasteiger partial charge in [-0.25, -0.2) is 9.97 Å². The quantitative estimate of drug-likeness (QED) is 0.875. The highest BCUT2D eigenvalue weighted by atomic mass is 16.5. The van der Waals surface area contributed by atoms with Gasteiger partial charge in [-0.1, -0.05) is 12.1 Å². The van der Waals surface area contributed by atoms with E-state index in [0.29, 0.717) is 5.95 Å². The van der Waals surface area contributed by atoms with Crippen LogP contribution in [0.5, 0.6) is 5.75 Å². The maximum Gasteiger partial charge on any atom is 0.222 e. The van der Waals surface area contributed by atoms with Gasteiger partial charge in [0.1, 0.15) is 5.75 Å². The zero-order valence-corrected chi connectivity index (χ0v) is 9.97. The first-order valence-electron chi connectivity index (χ1n) is 5.54. The van der Waals surface area contributed by atoms with Gasteiger partial charge in [0.25, 0.3) is 0 Å². The molecule has 0 spiro atoms. The molecule has 0 amide bonds. The lowest BCUT2D eigenvalue weighted by Gasteiger charge is -2.05. The third-order valence-electron chi connectivity index (χ3n) is 2.39. The number of rotatable bonds is 4. The normalized spacial score (nSPS) is 10.0. The highest BCUT2D eigenvalue weighted by Crippen LogP contribution is 2.22. The number of nitrogens with zero attached hydrogens (tertiary/aromatic N) is 2. The maximum atomic E-state index is 5.19. The molecule has 0 unspecified atom stereocenters. The molecule has 0 saturated heterocycles. The summed E-state index contributed by atoms with van der Waals surface area (Å²) in [6.07, 6.45) is 3.61. The van der Waals surface area contributed by atoms with E-state index in [-0.39, 0.29) is 0 Å². The molecule has 4 heteroatoms. The van der Waals surface area contributed by atoms with Gasteiger partial charge in [-0.2, -0.15) is 0 Å². The third kappa shape index (κ3) is 2.72. The van der Waals surface area contributed by atoms with Crippen LogP contribution in [0.1, 0.15) is 6.92 Å². The largest absolute Gasteiger partial charge is 0.497 e. The van der Waals surface area contributed by atoms with Crippen molar-refractivity contribution in [3.8, 4) is 16.9 Å². The van der Waals surface area contributed by atoms with Crippen LogP contribution >= 0.6 is 0 Å². The summed E-state index contributed by atoms with van der Waals surface area (Å²) in [5, 5.41) is 3.06. The molecular formula is C13H15N3O. The summed E-state index contributed by atoms with van der Waals surface area (Å²) in [4.78, 5) is 8.47. The molecule has 0 aliphatic carbocycles. The highest BCUT2D eigenvalue weighted by Gasteiger charge is 2.01. The number of ether oxygens (including phenoxy) is 1. The molecule has 1 N–H and O–H groups in total. The standard InChI is InChI=1S/C13H15N3O/c1-3-14-13-15-8-11(9-16-13)10-5-4-6-12(7-10)17-2/h4-9H,3H2,1-2H3,(H,14,15,16). The summed E-state index contributed by atoms with van der Waals surface area (Å²) in [7, 11) is 1.66. The lowest BCUT2D eigenvalue weighted by atomic mass is 10.1. The van der Waals surface area contributed by atoms with Gasteiger partial charge >= 0.3 is 0 Å². The van der Waals surface area contributed by atoms with Crippen LogP contribution in [0, 0.1) is 0 Å².